The Morgan fingerprint density at radius 1 is 0.600 bits per heavy atom. The molecule has 0 aromatic heterocycles. The van der Waals surface area contributed by atoms with E-state index in [-0.39, 0.29) is 11.1 Å². The van der Waals surface area contributed by atoms with Crippen LogP contribution in [-0.2, 0) is 11.1 Å². The van der Waals surface area contributed by atoms with Crippen molar-refractivity contribution in [3.63, 3.8) is 0 Å². The van der Waals surface area contributed by atoms with E-state index in [1.54, 1.807) is 0 Å². The molecule has 3 aliphatic rings. The molecule has 0 saturated carbocycles. The highest BCUT2D eigenvalue weighted by atomic mass is 15.3. The normalized spacial score (nSPS) is 18.0. The highest BCUT2D eigenvalue weighted by molar-refractivity contribution is 5.83. The van der Waals surface area contributed by atoms with Crippen LogP contribution in [0, 0.1) is 0 Å². The second-order valence-corrected chi connectivity index (χ2v) is 10.1. The third-order valence-electron chi connectivity index (χ3n) is 8.94. The van der Waals surface area contributed by atoms with Gasteiger partial charge in [-0.1, -0.05) is 111 Å². The lowest BCUT2D eigenvalue weighted by Crippen LogP contribution is -2.44. The predicted octanol–water partition coefficient (Wildman–Crippen LogP) is 7.01. The molecule has 2 aliphatic carbocycles. The number of hydrogen-bond donors (Lipinski definition) is 0. The van der Waals surface area contributed by atoms with E-state index >= 15 is 0 Å². The van der Waals surface area contributed by atoms with E-state index in [4.69, 9.17) is 0 Å². The van der Waals surface area contributed by atoms with Gasteiger partial charge in [-0.2, -0.15) is 0 Å². The van der Waals surface area contributed by atoms with E-state index in [2.05, 4.69) is 127 Å². The third-order valence-corrected chi connectivity index (χ3v) is 8.94. The Morgan fingerprint density at radius 3 is 1.49 bits per heavy atom. The Hall–Kier alpha value is -3.65. The van der Waals surface area contributed by atoms with Crippen LogP contribution in [0.15, 0.2) is 97.1 Å². The number of rotatable bonds is 4. The van der Waals surface area contributed by atoms with Crippen LogP contribution < -0.4 is 0 Å². The average Bonchev–Trinajstić information content (AvgIpc) is 3.60. The van der Waals surface area contributed by atoms with Crippen LogP contribution in [0.3, 0.4) is 0 Å². The first-order valence-electron chi connectivity index (χ1n) is 13.0. The molecule has 35 heavy (non-hydrogen) atoms. The molecule has 2 heteroatoms. The van der Waals surface area contributed by atoms with Gasteiger partial charge < -0.3 is 0 Å². The summed E-state index contributed by atoms with van der Waals surface area (Å²) in [5.41, 5.74) is 11.1. The topological polar surface area (TPSA) is 6.25 Å². The van der Waals surface area contributed by atoms with Crippen LogP contribution in [0.25, 0.3) is 22.3 Å². The van der Waals surface area contributed by atoms with Crippen LogP contribution in [0.1, 0.15) is 48.9 Å². The summed E-state index contributed by atoms with van der Waals surface area (Å²) < 4.78 is 2.65. The molecule has 0 N–H and O–H groups in total. The molecule has 0 atom stereocenters. The second-order valence-electron chi connectivity index (χ2n) is 10.1. The van der Waals surface area contributed by atoms with E-state index in [1.807, 2.05) is 0 Å². The van der Waals surface area contributed by atoms with Gasteiger partial charge in [-0.25, -0.2) is 0 Å². The molecule has 0 amide bonds. The number of hydrogen-bond acceptors (Lipinski definition) is 1. The first kappa shape index (κ1) is 20.7. The van der Waals surface area contributed by atoms with Gasteiger partial charge in [0.1, 0.15) is 13.1 Å². The molecule has 0 fully saturated rings. The van der Waals surface area contributed by atoms with Crippen LogP contribution in [0.5, 0.6) is 0 Å². The SMILES string of the molecule is CCC1(N2C=[N+](C3(CC)c4ccccc4-c4ccccc43)CC2)c2ccccc2-c2ccccc21. The van der Waals surface area contributed by atoms with Gasteiger partial charge in [0, 0.05) is 22.3 Å². The fourth-order valence-corrected chi connectivity index (χ4v) is 7.47. The van der Waals surface area contributed by atoms with Gasteiger partial charge in [0.15, 0.2) is 11.1 Å². The number of fused-ring (bicyclic) bond motifs is 6. The zero-order valence-electron chi connectivity index (χ0n) is 20.5. The molecule has 4 aromatic rings. The molecule has 0 bridgehead atoms. The summed E-state index contributed by atoms with van der Waals surface area (Å²) in [4.78, 5) is 2.65. The fraction of sp³-hybridized carbons (Fsp3) is 0.242. The highest BCUT2D eigenvalue weighted by Gasteiger charge is 2.55. The van der Waals surface area contributed by atoms with Gasteiger partial charge in [0.2, 0.25) is 6.34 Å². The Labute approximate surface area is 208 Å². The standard InChI is InChI=1S/C33H31N2/c1-3-32(28-17-9-5-13-24(28)25-14-6-10-18-29(25)32)34-21-22-35(23-34)33(4-2)30-19-11-7-15-26(30)27-16-8-12-20-31(27)33/h5-20,23H,3-4,21-22H2,1-2H3/q+1. The Bertz CT molecular complexity index is 1400. The molecular weight excluding hydrogens is 424 g/mol. The van der Waals surface area contributed by atoms with Crippen LogP contribution >= 0.6 is 0 Å². The molecular formula is C33H31N2+. The van der Waals surface area contributed by atoms with E-state index < -0.39 is 0 Å². The number of benzene rings is 4. The summed E-state index contributed by atoms with van der Waals surface area (Å²) in [5, 5.41) is 0. The first-order valence-corrected chi connectivity index (χ1v) is 13.0. The molecule has 2 nitrogen and oxygen atoms in total. The summed E-state index contributed by atoms with van der Waals surface area (Å²) in [6.45, 7) is 6.74. The largest absolute Gasteiger partial charge is 0.250 e. The minimum Gasteiger partial charge on any atom is -0.250 e. The zero-order valence-corrected chi connectivity index (χ0v) is 20.5. The minimum absolute atomic E-state index is 0.130. The molecule has 0 unspecified atom stereocenters. The van der Waals surface area contributed by atoms with E-state index in [0.29, 0.717) is 0 Å². The molecule has 1 heterocycles. The van der Waals surface area contributed by atoms with Crippen molar-refractivity contribution in [1.29, 1.82) is 0 Å². The minimum atomic E-state index is -0.130. The molecule has 172 valence electrons. The lowest BCUT2D eigenvalue weighted by atomic mass is 9.83. The molecule has 7 rings (SSSR count). The molecule has 4 aromatic carbocycles. The highest BCUT2D eigenvalue weighted by Crippen LogP contribution is 2.54. The van der Waals surface area contributed by atoms with Gasteiger partial charge in [-0.15, -0.1) is 0 Å². The van der Waals surface area contributed by atoms with Gasteiger partial charge in [0.25, 0.3) is 0 Å². The summed E-state index contributed by atoms with van der Waals surface area (Å²) in [7, 11) is 0. The maximum atomic E-state index is 2.65. The van der Waals surface area contributed by atoms with Crippen molar-refractivity contribution in [1.82, 2.24) is 4.90 Å². The van der Waals surface area contributed by atoms with Crippen molar-refractivity contribution in [3.05, 3.63) is 119 Å². The predicted molar refractivity (Wildman–Crippen MR) is 144 cm³/mol. The quantitative estimate of drug-likeness (QED) is 0.300. The van der Waals surface area contributed by atoms with Gasteiger partial charge in [-0.05, 0) is 35.1 Å². The maximum Gasteiger partial charge on any atom is 0.236 e. The smallest absolute Gasteiger partial charge is 0.236 e. The van der Waals surface area contributed by atoms with E-state index in [0.717, 1.165) is 25.9 Å². The average molecular weight is 456 g/mol. The summed E-state index contributed by atoms with van der Waals surface area (Å²) in [5.74, 6) is 0. The monoisotopic (exact) mass is 455 g/mol. The zero-order chi connectivity index (χ0) is 23.6. The second kappa shape index (κ2) is 7.42. The Morgan fingerprint density at radius 2 is 1.03 bits per heavy atom. The van der Waals surface area contributed by atoms with Crippen molar-refractivity contribution in [2.75, 3.05) is 13.1 Å². The lowest BCUT2D eigenvalue weighted by molar-refractivity contribution is -0.594. The van der Waals surface area contributed by atoms with Gasteiger partial charge in [-0.3, -0.25) is 9.48 Å². The summed E-state index contributed by atoms with van der Waals surface area (Å²) in [6.07, 6.45) is 4.56. The Kier molecular flexibility index (Phi) is 4.39. The first-order chi connectivity index (χ1) is 17.3. The molecule has 0 saturated heterocycles. The van der Waals surface area contributed by atoms with Crippen molar-refractivity contribution in [3.8, 4) is 22.3 Å². The molecule has 0 radical (unpaired) electrons. The van der Waals surface area contributed by atoms with Crippen molar-refractivity contribution < 1.29 is 4.58 Å². The van der Waals surface area contributed by atoms with Crippen molar-refractivity contribution >= 4 is 6.34 Å². The van der Waals surface area contributed by atoms with E-state index in [1.165, 1.54) is 44.5 Å². The van der Waals surface area contributed by atoms with E-state index in [9.17, 15) is 0 Å². The third kappa shape index (κ3) is 2.47. The number of nitrogens with zero attached hydrogens (tertiary/aromatic N) is 2. The summed E-state index contributed by atoms with van der Waals surface area (Å²) in [6, 6.07) is 36.2. The van der Waals surface area contributed by atoms with Crippen LogP contribution in [0.2, 0.25) is 0 Å². The van der Waals surface area contributed by atoms with Crippen LogP contribution in [-0.4, -0.2) is 28.9 Å². The van der Waals surface area contributed by atoms with Crippen molar-refractivity contribution in [2.24, 2.45) is 0 Å². The van der Waals surface area contributed by atoms with Crippen LogP contribution in [0.4, 0.5) is 0 Å². The summed E-state index contributed by atoms with van der Waals surface area (Å²) >= 11 is 0. The van der Waals surface area contributed by atoms with Gasteiger partial charge >= 0.3 is 0 Å². The van der Waals surface area contributed by atoms with Gasteiger partial charge in [0.05, 0.1) is 0 Å². The molecule has 0 spiro atoms. The Balaban J connectivity index is 1.44. The lowest BCUT2D eigenvalue weighted by Gasteiger charge is -2.34. The maximum absolute atomic E-state index is 2.65. The fourth-order valence-electron chi connectivity index (χ4n) is 7.47. The van der Waals surface area contributed by atoms with Crippen molar-refractivity contribution in [2.45, 2.75) is 37.8 Å². The molecule has 1 aliphatic heterocycles.